The third-order valence-electron chi connectivity index (χ3n) is 5.79. The summed E-state index contributed by atoms with van der Waals surface area (Å²) in [6, 6.07) is 3.85. The number of Topliss-reactive ketones (excluding diaryl/α,β-unsaturated/α-hetero) is 1. The van der Waals surface area contributed by atoms with Crippen molar-refractivity contribution in [1.82, 2.24) is 4.98 Å². The molecule has 1 amide bonds. The number of nitrogens with zero attached hydrogens (tertiary/aromatic N) is 2. The van der Waals surface area contributed by atoms with Crippen LogP contribution in [-0.2, 0) is 14.3 Å². The molecular formula is C19H25N3O3. The van der Waals surface area contributed by atoms with E-state index >= 15 is 0 Å². The summed E-state index contributed by atoms with van der Waals surface area (Å²) < 4.78 is 5.36. The normalized spacial score (nSPS) is 29.4. The lowest BCUT2D eigenvalue weighted by Crippen LogP contribution is -2.40. The molecule has 2 aliphatic carbocycles. The Hall–Kier alpha value is -1.95. The number of carbonyl (C=O) groups is 2. The number of pyridine rings is 1. The number of hydrogen-bond acceptors (Lipinski definition) is 5. The molecule has 25 heavy (non-hydrogen) atoms. The van der Waals surface area contributed by atoms with Crippen LogP contribution in [0.25, 0.3) is 0 Å². The summed E-state index contributed by atoms with van der Waals surface area (Å²) >= 11 is 0. The molecule has 3 aliphatic rings. The molecule has 2 bridgehead atoms. The Labute approximate surface area is 147 Å². The fourth-order valence-electron chi connectivity index (χ4n) is 4.39. The highest BCUT2D eigenvalue weighted by molar-refractivity contribution is 5.94. The van der Waals surface area contributed by atoms with Crippen LogP contribution in [-0.4, -0.2) is 43.0 Å². The smallest absolute Gasteiger partial charge is 0.228 e. The Morgan fingerprint density at radius 1 is 1.16 bits per heavy atom. The van der Waals surface area contributed by atoms with Gasteiger partial charge in [-0.3, -0.25) is 9.59 Å². The fourth-order valence-corrected chi connectivity index (χ4v) is 4.39. The molecule has 1 aromatic rings. The van der Waals surface area contributed by atoms with Gasteiger partial charge in [-0.05, 0) is 37.8 Å². The standard InChI is InChI=1S/C19H25N3O3/c23-18-13-2-1-3-14(18)11-15(10-13)19(24)21-17-5-4-16(12-20-17)22-6-8-25-9-7-22/h4-5,12-15H,1-3,6-11H2,(H,20,21,24)/t13-,14+,15?. The van der Waals surface area contributed by atoms with Gasteiger partial charge in [-0.1, -0.05) is 6.42 Å². The number of ketones is 1. The molecule has 1 saturated heterocycles. The maximum absolute atomic E-state index is 12.6. The Bertz CT molecular complexity index is 624. The van der Waals surface area contributed by atoms with Crippen molar-refractivity contribution in [3.63, 3.8) is 0 Å². The molecule has 0 spiro atoms. The van der Waals surface area contributed by atoms with Crippen molar-refractivity contribution in [3.05, 3.63) is 18.3 Å². The zero-order valence-corrected chi connectivity index (χ0v) is 14.4. The molecule has 1 aliphatic heterocycles. The second-order valence-electron chi connectivity index (χ2n) is 7.39. The number of fused-ring (bicyclic) bond motifs is 2. The number of ether oxygens (including phenoxy) is 1. The van der Waals surface area contributed by atoms with Gasteiger partial charge in [-0.25, -0.2) is 4.98 Å². The summed E-state index contributed by atoms with van der Waals surface area (Å²) in [5, 5.41) is 2.94. The van der Waals surface area contributed by atoms with Gasteiger partial charge in [-0.2, -0.15) is 0 Å². The molecule has 134 valence electrons. The van der Waals surface area contributed by atoms with E-state index in [1.54, 1.807) is 6.20 Å². The number of carbonyl (C=O) groups excluding carboxylic acids is 2. The van der Waals surface area contributed by atoms with Gasteiger partial charge in [0.1, 0.15) is 11.6 Å². The molecule has 4 rings (SSSR count). The minimum atomic E-state index is -0.0614. The lowest BCUT2D eigenvalue weighted by atomic mass is 9.67. The highest BCUT2D eigenvalue weighted by Gasteiger charge is 2.41. The van der Waals surface area contributed by atoms with Crippen molar-refractivity contribution < 1.29 is 14.3 Å². The molecule has 3 fully saturated rings. The largest absolute Gasteiger partial charge is 0.378 e. The van der Waals surface area contributed by atoms with Crippen molar-refractivity contribution >= 4 is 23.2 Å². The first-order chi connectivity index (χ1) is 12.2. The zero-order valence-electron chi connectivity index (χ0n) is 14.4. The van der Waals surface area contributed by atoms with Crippen molar-refractivity contribution in [2.75, 3.05) is 36.5 Å². The number of amides is 1. The molecule has 6 heteroatoms. The molecule has 2 heterocycles. The van der Waals surface area contributed by atoms with E-state index in [0.717, 1.165) is 51.3 Å². The van der Waals surface area contributed by atoms with E-state index in [1.807, 2.05) is 12.1 Å². The number of nitrogens with one attached hydrogen (secondary N) is 1. The molecule has 1 aromatic heterocycles. The van der Waals surface area contributed by atoms with Gasteiger partial charge >= 0.3 is 0 Å². The third kappa shape index (κ3) is 3.54. The molecule has 2 saturated carbocycles. The van der Waals surface area contributed by atoms with E-state index in [2.05, 4.69) is 15.2 Å². The predicted molar refractivity (Wildman–Crippen MR) is 94.5 cm³/mol. The highest BCUT2D eigenvalue weighted by Crippen LogP contribution is 2.40. The summed E-state index contributed by atoms with van der Waals surface area (Å²) in [5.74, 6) is 1.12. The molecule has 6 nitrogen and oxygen atoms in total. The topological polar surface area (TPSA) is 71.5 Å². The summed E-state index contributed by atoms with van der Waals surface area (Å²) in [7, 11) is 0. The van der Waals surface area contributed by atoms with E-state index in [-0.39, 0.29) is 23.7 Å². The van der Waals surface area contributed by atoms with Gasteiger partial charge in [0.25, 0.3) is 0 Å². The van der Waals surface area contributed by atoms with Crippen LogP contribution in [0.2, 0.25) is 0 Å². The van der Waals surface area contributed by atoms with Gasteiger partial charge in [0.2, 0.25) is 5.91 Å². The minimum Gasteiger partial charge on any atom is -0.378 e. The first-order valence-electron chi connectivity index (χ1n) is 9.34. The van der Waals surface area contributed by atoms with Gasteiger partial charge in [0.05, 0.1) is 25.1 Å². The van der Waals surface area contributed by atoms with Gasteiger partial charge in [0.15, 0.2) is 0 Å². The van der Waals surface area contributed by atoms with Crippen LogP contribution >= 0.6 is 0 Å². The zero-order chi connectivity index (χ0) is 17.2. The molecule has 0 radical (unpaired) electrons. The van der Waals surface area contributed by atoms with Crippen LogP contribution in [0, 0.1) is 17.8 Å². The van der Waals surface area contributed by atoms with Crippen LogP contribution in [0.5, 0.6) is 0 Å². The highest BCUT2D eigenvalue weighted by atomic mass is 16.5. The number of rotatable bonds is 3. The Morgan fingerprint density at radius 2 is 1.88 bits per heavy atom. The van der Waals surface area contributed by atoms with E-state index < -0.39 is 0 Å². The molecule has 0 aromatic carbocycles. The summed E-state index contributed by atoms with van der Waals surface area (Å²) in [5.41, 5.74) is 1.05. The fraction of sp³-hybridized carbons (Fsp3) is 0.632. The van der Waals surface area contributed by atoms with Gasteiger partial charge in [-0.15, -0.1) is 0 Å². The summed E-state index contributed by atoms with van der Waals surface area (Å²) in [6.07, 6.45) is 6.23. The predicted octanol–water partition coefficient (Wildman–Crippen LogP) is 2.25. The number of morpholine rings is 1. The van der Waals surface area contributed by atoms with Crippen molar-refractivity contribution in [2.45, 2.75) is 32.1 Å². The van der Waals surface area contributed by atoms with Crippen molar-refractivity contribution in [2.24, 2.45) is 17.8 Å². The van der Waals surface area contributed by atoms with Crippen molar-refractivity contribution in [3.8, 4) is 0 Å². The van der Waals surface area contributed by atoms with Gasteiger partial charge in [0, 0.05) is 30.8 Å². The lowest BCUT2D eigenvalue weighted by molar-refractivity contribution is -0.136. The van der Waals surface area contributed by atoms with Crippen molar-refractivity contribution in [1.29, 1.82) is 0 Å². The van der Waals surface area contributed by atoms with E-state index in [1.165, 1.54) is 0 Å². The number of aromatic nitrogens is 1. The first-order valence-corrected chi connectivity index (χ1v) is 9.34. The first kappa shape index (κ1) is 16.5. The molecular weight excluding hydrogens is 318 g/mol. The number of hydrogen-bond donors (Lipinski definition) is 1. The summed E-state index contributed by atoms with van der Waals surface area (Å²) in [4.78, 5) is 31.4. The van der Waals surface area contributed by atoms with E-state index in [4.69, 9.17) is 4.74 Å². The Kier molecular flexibility index (Phi) is 4.70. The molecule has 1 N–H and O–H groups in total. The second-order valence-corrected chi connectivity index (χ2v) is 7.39. The maximum atomic E-state index is 12.6. The van der Waals surface area contributed by atoms with Crippen LogP contribution in [0.4, 0.5) is 11.5 Å². The quantitative estimate of drug-likeness (QED) is 0.911. The SMILES string of the molecule is O=C(Nc1ccc(N2CCOCC2)cn1)C1C[C@H]2CCC[C@@H](C1)C2=O. The monoisotopic (exact) mass is 343 g/mol. The third-order valence-corrected chi connectivity index (χ3v) is 5.79. The second kappa shape index (κ2) is 7.12. The van der Waals surface area contributed by atoms with E-state index in [9.17, 15) is 9.59 Å². The van der Waals surface area contributed by atoms with Crippen LogP contribution in [0.1, 0.15) is 32.1 Å². The van der Waals surface area contributed by atoms with Crippen LogP contribution in [0.3, 0.4) is 0 Å². The molecule has 3 atom stereocenters. The Balaban J connectivity index is 1.37. The average molecular weight is 343 g/mol. The average Bonchev–Trinajstić information content (AvgIpc) is 2.63. The summed E-state index contributed by atoms with van der Waals surface area (Å²) in [6.45, 7) is 3.21. The van der Waals surface area contributed by atoms with Crippen LogP contribution in [0.15, 0.2) is 18.3 Å². The van der Waals surface area contributed by atoms with Crippen LogP contribution < -0.4 is 10.2 Å². The number of anilines is 2. The van der Waals surface area contributed by atoms with Gasteiger partial charge < -0.3 is 15.0 Å². The van der Waals surface area contributed by atoms with E-state index in [0.29, 0.717) is 24.4 Å². The Morgan fingerprint density at radius 3 is 2.52 bits per heavy atom. The maximum Gasteiger partial charge on any atom is 0.228 e. The molecule has 1 unspecified atom stereocenters. The minimum absolute atomic E-state index is 0.0102. The lowest BCUT2D eigenvalue weighted by Gasteiger charge is -2.36.